The molecule has 0 atom stereocenters. The third kappa shape index (κ3) is 3.80. The van der Waals surface area contributed by atoms with Crippen molar-refractivity contribution in [3.63, 3.8) is 0 Å². The van der Waals surface area contributed by atoms with Gasteiger partial charge >= 0.3 is 0 Å². The van der Waals surface area contributed by atoms with Crippen molar-refractivity contribution in [1.82, 2.24) is 15.2 Å². The highest BCUT2D eigenvalue weighted by atomic mass is 32.2. The topological polar surface area (TPSA) is 98.1 Å². The van der Waals surface area contributed by atoms with Gasteiger partial charge in [0, 0.05) is 5.56 Å². The van der Waals surface area contributed by atoms with Crippen molar-refractivity contribution in [3.05, 3.63) is 35.9 Å². The second-order valence-electron chi connectivity index (χ2n) is 5.21. The van der Waals surface area contributed by atoms with Crippen molar-refractivity contribution in [2.75, 3.05) is 12.9 Å². The van der Waals surface area contributed by atoms with Crippen LogP contribution in [0.4, 0.5) is 0 Å². The molecule has 0 bridgehead atoms. The molecule has 0 radical (unpaired) electrons. The van der Waals surface area contributed by atoms with E-state index in [0.717, 1.165) is 11.8 Å². The number of nitrogens with zero attached hydrogens (tertiary/aromatic N) is 2. The first kappa shape index (κ1) is 17.0. The standard InChI is InChI=1S/C17H15N3O4S/c1-10(22)9-25-17-18-16(19-20-17)15-6-5-14(24-15)11-3-4-13(23-2)12(7-11)8-21/h3-8H,9H2,1-2H3,(H,18,19,20). The lowest BCUT2D eigenvalue weighted by atomic mass is 10.1. The van der Waals surface area contributed by atoms with Gasteiger partial charge in [-0.1, -0.05) is 11.8 Å². The Morgan fingerprint density at radius 1 is 1.28 bits per heavy atom. The smallest absolute Gasteiger partial charge is 0.197 e. The number of hydrogen-bond donors (Lipinski definition) is 1. The number of rotatable bonds is 7. The van der Waals surface area contributed by atoms with Crippen LogP contribution in [0, 0.1) is 0 Å². The van der Waals surface area contributed by atoms with E-state index >= 15 is 0 Å². The first-order chi connectivity index (χ1) is 12.1. The molecule has 25 heavy (non-hydrogen) atoms. The van der Waals surface area contributed by atoms with Crippen molar-refractivity contribution in [2.24, 2.45) is 0 Å². The molecule has 2 heterocycles. The summed E-state index contributed by atoms with van der Waals surface area (Å²) in [4.78, 5) is 25.2. The second-order valence-corrected chi connectivity index (χ2v) is 6.17. The van der Waals surface area contributed by atoms with E-state index in [1.165, 1.54) is 25.8 Å². The number of nitrogens with one attached hydrogen (secondary N) is 1. The molecule has 0 spiro atoms. The molecule has 0 aliphatic carbocycles. The Labute approximate surface area is 147 Å². The Balaban J connectivity index is 1.83. The maximum atomic E-state index is 11.1. The zero-order valence-corrected chi connectivity index (χ0v) is 14.4. The highest BCUT2D eigenvalue weighted by Gasteiger charge is 2.13. The SMILES string of the molecule is COc1ccc(-c2ccc(-c3nnc(SCC(C)=O)[nH]3)o2)cc1C=O. The number of ketones is 1. The van der Waals surface area contributed by atoms with Crippen LogP contribution in [0.2, 0.25) is 0 Å². The summed E-state index contributed by atoms with van der Waals surface area (Å²) >= 11 is 1.28. The molecule has 0 saturated carbocycles. The van der Waals surface area contributed by atoms with E-state index in [1.54, 1.807) is 24.3 Å². The summed E-state index contributed by atoms with van der Waals surface area (Å²) in [5.41, 5.74) is 1.19. The Morgan fingerprint density at radius 2 is 2.08 bits per heavy atom. The third-order valence-electron chi connectivity index (χ3n) is 3.36. The molecule has 1 N–H and O–H groups in total. The lowest BCUT2D eigenvalue weighted by Crippen LogP contribution is -1.93. The first-order valence-corrected chi connectivity index (χ1v) is 8.38. The van der Waals surface area contributed by atoms with E-state index < -0.39 is 0 Å². The van der Waals surface area contributed by atoms with Crippen LogP contribution in [-0.4, -0.2) is 40.1 Å². The molecule has 0 saturated heterocycles. The molecule has 2 aromatic heterocycles. The molecule has 0 fully saturated rings. The number of hydrogen-bond acceptors (Lipinski definition) is 7. The largest absolute Gasteiger partial charge is 0.496 e. The Morgan fingerprint density at radius 3 is 2.80 bits per heavy atom. The van der Waals surface area contributed by atoms with Gasteiger partial charge in [-0.3, -0.25) is 9.59 Å². The van der Waals surface area contributed by atoms with Crippen LogP contribution in [-0.2, 0) is 4.79 Å². The predicted octanol–water partition coefficient (Wildman–Crippen LogP) is 3.23. The summed E-state index contributed by atoms with van der Waals surface area (Å²) in [6, 6.07) is 8.77. The Bertz CT molecular complexity index is 916. The van der Waals surface area contributed by atoms with Gasteiger partial charge in [0.25, 0.3) is 0 Å². The summed E-state index contributed by atoms with van der Waals surface area (Å²) in [5, 5.41) is 8.56. The van der Waals surface area contributed by atoms with Gasteiger partial charge < -0.3 is 14.1 Å². The number of furan rings is 1. The monoisotopic (exact) mass is 357 g/mol. The Hall–Kier alpha value is -2.87. The molecule has 128 valence electrons. The van der Waals surface area contributed by atoms with Crippen molar-refractivity contribution >= 4 is 23.8 Å². The molecule has 8 heteroatoms. The van der Waals surface area contributed by atoms with Gasteiger partial charge in [0.15, 0.2) is 23.0 Å². The number of ether oxygens (including phenoxy) is 1. The van der Waals surface area contributed by atoms with Crippen LogP contribution in [0.25, 0.3) is 22.9 Å². The molecule has 0 aliphatic heterocycles. The van der Waals surface area contributed by atoms with E-state index in [2.05, 4.69) is 15.2 Å². The highest BCUT2D eigenvalue weighted by molar-refractivity contribution is 7.99. The zero-order valence-electron chi connectivity index (χ0n) is 13.6. The molecule has 7 nitrogen and oxygen atoms in total. The lowest BCUT2D eigenvalue weighted by Gasteiger charge is -2.04. The number of methoxy groups -OCH3 is 1. The van der Waals surface area contributed by atoms with Crippen LogP contribution >= 0.6 is 11.8 Å². The van der Waals surface area contributed by atoms with Crippen molar-refractivity contribution in [2.45, 2.75) is 12.1 Å². The van der Waals surface area contributed by atoms with Crippen LogP contribution in [0.3, 0.4) is 0 Å². The predicted molar refractivity (Wildman–Crippen MR) is 92.9 cm³/mol. The van der Waals surface area contributed by atoms with Gasteiger partial charge in [0.1, 0.15) is 17.3 Å². The quantitative estimate of drug-likeness (QED) is 0.512. The van der Waals surface area contributed by atoms with E-state index in [-0.39, 0.29) is 5.78 Å². The van der Waals surface area contributed by atoms with Crippen LogP contribution in [0.15, 0.2) is 39.9 Å². The van der Waals surface area contributed by atoms with E-state index in [0.29, 0.717) is 39.6 Å². The number of H-pyrrole nitrogens is 1. The van der Waals surface area contributed by atoms with Gasteiger partial charge in [0.05, 0.1) is 18.4 Å². The number of carbonyl (C=O) groups excluding carboxylic acids is 2. The van der Waals surface area contributed by atoms with E-state index in [4.69, 9.17) is 9.15 Å². The maximum absolute atomic E-state index is 11.1. The normalized spacial score (nSPS) is 10.6. The molecule has 0 aliphatic rings. The summed E-state index contributed by atoms with van der Waals surface area (Å²) in [6.45, 7) is 1.52. The molecular formula is C17H15N3O4S. The minimum Gasteiger partial charge on any atom is -0.496 e. The summed E-state index contributed by atoms with van der Waals surface area (Å²) in [7, 11) is 1.51. The minimum atomic E-state index is 0.0636. The zero-order chi connectivity index (χ0) is 17.8. The molecule has 1 aromatic carbocycles. The minimum absolute atomic E-state index is 0.0636. The number of aldehydes is 1. The van der Waals surface area contributed by atoms with Gasteiger partial charge in [-0.05, 0) is 37.3 Å². The Kier molecular flexibility index (Phi) is 4.99. The molecule has 0 amide bonds. The van der Waals surface area contributed by atoms with Gasteiger partial charge in [-0.2, -0.15) is 0 Å². The molecular weight excluding hydrogens is 342 g/mol. The number of aromatic nitrogens is 3. The van der Waals surface area contributed by atoms with Gasteiger partial charge in [0.2, 0.25) is 0 Å². The average molecular weight is 357 g/mol. The van der Waals surface area contributed by atoms with Crippen LogP contribution in [0.5, 0.6) is 5.75 Å². The van der Waals surface area contributed by atoms with Gasteiger partial charge in [-0.25, -0.2) is 0 Å². The summed E-state index contributed by atoms with van der Waals surface area (Å²) < 4.78 is 10.9. The van der Waals surface area contributed by atoms with Crippen molar-refractivity contribution in [3.8, 4) is 28.7 Å². The fourth-order valence-electron chi connectivity index (χ4n) is 2.19. The average Bonchev–Trinajstić information content (AvgIpc) is 3.28. The van der Waals surface area contributed by atoms with Gasteiger partial charge in [-0.15, -0.1) is 10.2 Å². The lowest BCUT2D eigenvalue weighted by molar-refractivity contribution is -0.114. The number of Topliss-reactive ketones (excluding diaryl/α,β-unsaturated/α-hetero) is 1. The summed E-state index contributed by atoms with van der Waals surface area (Å²) in [5.74, 6) is 2.48. The number of thioether (sulfide) groups is 1. The molecule has 3 aromatic rings. The second kappa shape index (κ2) is 7.35. The van der Waals surface area contributed by atoms with Crippen LogP contribution in [0.1, 0.15) is 17.3 Å². The molecule has 3 rings (SSSR count). The van der Waals surface area contributed by atoms with Crippen molar-refractivity contribution in [1.29, 1.82) is 0 Å². The first-order valence-electron chi connectivity index (χ1n) is 7.39. The number of benzene rings is 1. The van der Waals surface area contributed by atoms with Crippen LogP contribution < -0.4 is 4.74 Å². The van der Waals surface area contributed by atoms with E-state index in [1.807, 2.05) is 6.07 Å². The third-order valence-corrected chi connectivity index (χ3v) is 4.37. The number of aromatic amines is 1. The fourth-order valence-corrected chi connectivity index (χ4v) is 2.80. The molecule has 0 unspecified atom stereocenters. The fraction of sp³-hybridized carbons (Fsp3) is 0.176. The van der Waals surface area contributed by atoms with E-state index in [9.17, 15) is 9.59 Å². The highest BCUT2D eigenvalue weighted by Crippen LogP contribution is 2.30. The summed E-state index contributed by atoms with van der Waals surface area (Å²) in [6.07, 6.45) is 0.737. The number of carbonyl (C=O) groups is 2. The van der Waals surface area contributed by atoms with Crippen molar-refractivity contribution < 1.29 is 18.7 Å². The maximum Gasteiger partial charge on any atom is 0.197 e.